The lowest BCUT2D eigenvalue weighted by atomic mass is 9.97. The Balaban J connectivity index is 2.14. The molecule has 0 radical (unpaired) electrons. The minimum Gasteiger partial charge on any atom is -0.325 e. The highest BCUT2D eigenvalue weighted by molar-refractivity contribution is 5.79. The fourth-order valence-electron chi connectivity index (χ4n) is 2.37. The number of hydrogen-bond donors (Lipinski definition) is 1. The van der Waals surface area contributed by atoms with Crippen LogP contribution in [-0.2, 0) is 4.79 Å². The molecule has 15 heavy (non-hydrogen) atoms. The zero-order chi connectivity index (χ0) is 10.8. The quantitative estimate of drug-likeness (QED) is 0.676. The van der Waals surface area contributed by atoms with Crippen molar-refractivity contribution in [3.63, 3.8) is 0 Å². The molecule has 2 heterocycles. The molecule has 2 fully saturated rings. The van der Waals surface area contributed by atoms with Crippen molar-refractivity contribution in [1.82, 2.24) is 10.2 Å². The Bertz CT molecular complexity index is 311. The molecule has 3 heteroatoms. The first-order valence-corrected chi connectivity index (χ1v) is 5.71. The molecule has 2 saturated heterocycles. The van der Waals surface area contributed by atoms with Gasteiger partial charge in [0.15, 0.2) is 0 Å². The smallest absolute Gasteiger partial charge is 0.223 e. The van der Waals surface area contributed by atoms with Gasteiger partial charge in [-0.15, -0.1) is 5.92 Å². The number of nitrogens with zero attached hydrogens (tertiary/aromatic N) is 1. The molecular formula is C12H18N2O. The number of amides is 1. The highest BCUT2D eigenvalue weighted by Gasteiger charge is 2.38. The van der Waals surface area contributed by atoms with Crippen molar-refractivity contribution in [1.29, 1.82) is 0 Å². The first-order chi connectivity index (χ1) is 7.24. The highest BCUT2D eigenvalue weighted by atomic mass is 16.2. The van der Waals surface area contributed by atoms with Crippen molar-refractivity contribution < 1.29 is 4.79 Å². The predicted octanol–water partition coefficient (Wildman–Crippen LogP) is 0.751. The number of carbonyl (C=O) groups is 1. The number of likely N-dealkylation sites (tertiary alicyclic amines) is 1. The van der Waals surface area contributed by atoms with E-state index in [-0.39, 0.29) is 11.9 Å². The van der Waals surface area contributed by atoms with E-state index in [9.17, 15) is 4.79 Å². The van der Waals surface area contributed by atoms with E-state index in [4.69, 9.17) is 0 Å². The molecule has 1 amide bonds. The molecule has 0 saturated carbocycles. The van der Waals surface area contributed by atoms with E-state index in [1.807, 2.05) is 11.8 Å². The maximum atomic E-state index is 11.8. The zero-order valence-electron chi connectivity index (χ0n) is 9.42. The Kier molecular flexibility index (Phi) is 2.97. The summed E-state index contributed by atoms with van der Waals surface area (Å²) < 4.78 is 0. The predicted molar refractivity (Wildman–Crippen MR) is 59.2 cm³/mol. The van der Waals surface area contributed by atoms with Gasteiger partial charge >= 0.3 is 0 Å². The standard InChI is InChI=1S/C12H18N2O/c1-3-4-11(10-7-8-13-10)14-9(2)5-6-12(14)15/h9-11,13H,5-8H2,1-2H3. The van der Waals surface area contributed by atoms with Gasteiger partial charge in [0.25, 0.3) is 0 Å². The Morgan fingerprint density at radius 3 is 2.67 bits per heavy atom. The summed E-state index contributed by atoms with van der Waals surface area (Å²) in [6, 6.07) is 0.835. The van der Waals surface area contributed by atoms with Gasteiger partial charge in [0.1, 0.15) is 6.04 Å². The van der Waals surface area contributed by atoms with E-state index in [1.54, 1.807) is 0 Å². The lowest BCUT2D eigenvalue weighted by molar-refractivity contribution is -0.130. The molecule has 2 aliphatic rings. The highest BCUT2D eigenvalue weighted by Crippen LogP contribution is 2.24. The van der Waals surface area contributed by atoms with Crippen molar-refractivity contribution in [2.24, 2.45) is 0 Å². The van der Waals surface area contributed by atoms with Crippen LogP contribution in [0.4, 0.5) is 0 Å². The van der Waals surface area contributed by atoms with Crippen molar-refractivity contribution in [3.05, 3.63) is 0 Å². The van der Waals surface area contributed by atoms with Crippen LogP contribution in [0.3, 0.4) is 0 Å². The molecule has 82 valence electrons. The zero-order valence-corrected chi connectivity index (χ0v) is 9.42. The van der Waals surface area contributed by atoms with Crippen molar-refractivity contribution in [2.75, 3.05) is 6.54 Å². The third-order valence-electron chi connectivity index (χ3n) is 3.37. The van der Waals surface area contributed by atoms with Gasteiger partial charge in [0.2, 0.25) is 5.91 Å². The van der Waals surface area contributed by atoms with Gasteiger partial charge in [0, 0.05) is 18.5 Å². The molecule has 0 aromatic carbocycles. The average Bonchev–Trinajstić information content (AvgIpc) is 2.43. The van der Waals surface area contributed by atoms with Crippen LogP contribution in [0.25, 0.3) is 0 Å². The van der Waals surface area contributed by atoms with Gasteiger partial charge < -0.3 is 10.2 Å². The summed E-state index contributed by atoms with van der Waals surface area (Å²) in [7, 11) is 0. The minimum atomic E-state index is 0.0914. The first-order valence-electron chi connectivity index (χ1n) is 5.71. The van der Waals surface area contributed by atoms with Gasteiger partial charge in [-0.1, -0.05) is 5.92 Å². The van der Waals surface area contributed by atoms with Gasteiger partial charge in [-0.3, -0.25) is 4.79 Å². The Morgan fingerprint density at radius 2 is 2.27 bits per heavy atom. The number of hydrogen-bond acceptors (Lipinski definition) is 2. The van der Waals surface area contributed by atoms with E-state index in [2.05, 4.69) is 24.1 Å². The fourth-order valence-corrected chi connectivity index (χ4v) is 2.37. The molecule has 1 N–H and O–H groups in total. The van der Waals surface area contributed by atoms with Crippen LogP contribution in [0.15, 0.2) is 0 Å². The second kappa shape index (κ2) is 4.24. The molecule has 0 aliphatic carbocycles. The molecule has 0 aromatic heterocycles. The molecule has 2 rings (SSSR count). The SMILES string of the molecule is CC#CC(C1CCN1)N1C(=O)CCC1C. The Labute approximate surface area is 91.2 Å². The van der Waals surface area contributed by atoms with Gasteiger partial charge in [-0.05, 0) is 33.2 Å². The number of nitrogens with one attached hydrogen (secondary N) is 1. The molecule has 3 atom stereocenters. The van der Waals surface area contributed by atoms with Gasteiger partial charge in [-0.2, -0.15) is 0 Å². The summed E-state index contributed by atoms with van der Waals surface area (Å²) in [6.45, 7) is 5.02. The first kappa shape index (κ1) is 10.5. The van der Waals surface area contributed by atoms with Crippen molar-refractivity contribution in [2.45, 2.75) is 51.2 Å². The van der Waals surface area contributed by atoms with E-state index in [0.29, 0.717) is 18.5 Å². The topological polar surface area (TPSA) is 32.3 Å². The van der Waals surface area contributed by atoms with E-state index in [1.165, 1.54) is 0 Å². The van der Waals surface area contributed by atoms with E-state index < -0.39 is 0 Å². The summed E-state index contributed by atoms with van der Waals surface area (Å²) in [4.78, 5) is 13.8. The Hall–Kier alpha value is -1.01. The van der Waals surface area contributed by atoms with Crippen LogP contribution in [-0.4, -0.2) is 35.5 Å². The number of rotatable bonds is 2. The third-order valence-corrected chi connectivity index (χ3v) is 3.37. The largest absolute Gasteiger partial charge is 0.325 e. The minimum absolute atomic E-state index is 0.0914. The fraction of sp³-hybridized carbons (Fsp3) is 0.750. The maximum absolute atomic E-state index is 11.8. The van der Waals surface area contributed by atoms with Crippen LogP contribution in [0.5, 0.6) is 0 Å². The molecule has 0 aromatic rings. The Morgan fingerprint density at radius 1 is 1.53 bits per heavy atom. The van der Waals surface area contributed by atoms with Crippen LogP contribution in [0.2, 0.25) is 0 Å². The molecule has 2 aliphatic heterocycles. The summed E-state index contributed by atoms with van der Waals surface area (Å²) >= 11 is 0. The van der Waals surface area contributed by atoms with Crippen LogP contribution >= 0.6 is 0 Å². The number of carbonyl (C=O) groups excluding carboxylic acids is 1. The second-order valence-corrected chi connectivity index (χ2v) is 4.38. The summed E-state index contributed by atoms with van der Waals surface area (Å²) in [5, 5.41) is 3.35. The van der Waals surface area contributed by atoms with Crippen LogP contribution < -0.4 is 5.32 Å². The van der Waals surface area contributed by atoms with Crippen LogP contribution in [0.1, 0.15) is 33.1 Å². The summed E-state index contributed by atoms with van der Waals surface area (Å²) in [5.41, 5.74) is 0. The molecule has 3 nitrogen and oxygen atoms in total. The average molecular weight is 206 g/mol. The van der Waals surface area contributed by atoms with Gasteiger partial charge in [0.05, 0.1) is 0 Å². The van der Waals surface area contributed by atoms with Crippen molar-refractivity contribution >= 4 is 5.91 Å². The lowest BCUT2D eigenvalue weighted by Crippen LogP contribution is -2.58. The second-order valence-electron chi connectivity index (χ2n) is 4.38. The van der Waals surface area contributed by atoms with Crippen molar-refractivity contribution in [3.8, 4) is 11.8 Å². The lowest BCUT2D eigenvalue weighted by Gasteiger charge is -2.39. The van der Waals surface area contributed by atoms with Crippen LogP contribution in [0, 0.1) is 11.8 Å². The molecule has 0 spiro atoms. The molecule has 0 bridgehead atoms. The normalized spacial score (nSPS) is 31.9. The third kappa shape index (κ3) is 1.87. The van der Waals surface area contributed by atoms with Gasteiger partial charge in [-0.25, -0.2) is 0 Å². The maximum Gasteiger partial charge on any atom is 0.223 e. The summed E-state index contributed by atoms with van der Waals surface area (Å²) in [6.07, 6.45) is 2.80. The van der Waals surface area contributed by atoms with E-state index >= 15 is 0 Å². The molecule has 3 unspecified atom stereocenters. The monoisotopic (exact) mass is 206 g/mol. The summed E-state index contributed by atoms with van der Waals surface area (Å²) in [5.74, 6) is 6.40. The van der Waals surface area contributed by atoms with E-state index in [0.717, 1.165) is 19.4 Å². The molecular weight excluding hydrogens is 188 g/mol.